The molecule has 0 aromatic heterocycles. The van der Waals surface area contributed by atoms with Gasteiger partial charge in [-0.25, -0.2) is 0 Å². The molecule has 16 heavy (non-hydrogen) atoms. The quantitative estimate of drug-likeness (QED) is 0.855. The highest BCUT2D eigenvalue weighted by Gasteiger charge is 2.36. The van der Waals surface area contributed by atoms with E-state index in [1.54, 1.807) is 0 Å². The lowest BCUT2D eigenvalue weighted by molar-refractivity contribution is 0.213. The van der Waals surface area contributed by atoms with Gasteiger partial charge in [0.05, 0.1) is 0 Å². The minimum atomic E-state index is 0.338. The second-order valence-corrected chi connectivity index (χ2v) is 5.72. The molecule has 0 radical (unpaired) electrons. The van der Waals surface area contributed by atoms with Gasteiger partial charge in [0.15, 0.2) is 0 Å². The van der Waals surface area contributed by atoms with E-state index in [4.69, 9.17) is 0 Å². The molecule has 0 bridgehead atoms. The Bertz CT molecular complexity index is 407. The van der Waals surface area contributed by atoms with E-state index in [9.17, 15) is 5.11 Å². The Labute approximate surface area is 104 Å². The maximum absolute atomic E-state index is 9.37. The van der Waals surface area contributed by atoms with Gasteiger partial charge in [0.1, 0.15) is 0 Å². The van der Waals surface area contributed by atoms with Crippen LogP contribution in [-0.4, -0.2) is 24.3 Å². The van der Waals surface area contributed by atoms with Gasteiger partial charge in [-0.1, -0.05) is 22.0 Å². The number of aliphatic hydroxyl groups is 1. The first kappa shape index (κ1) is 10.6. The van der Waals surface area contributed by atoms with Crippen molar-refractivity contribution in [2.24, 2.45) is 5.92 Å². The zero-order chi connectivity index (χ0) is 11.1. The maximum Gasteiger partial charge on any atom is 0.0479 e. The van der Waals surface area contributed by atoms with Crippen molar-refractivity contribution in [2.45, 2.75) is 25.3 Å². The summed E-state index contributed by atoms with van der Waals surface area (Å²) in [6, 6.07) is 7.13. The summed E-state index contributed by atoms with van der Waals surface area (Å²) in [5, 5.41) is 9.37. The first-order valence-corrected chi connectivity index (χ1v) is 6.75. The number of anilines is 1. The molecule has 1 N–H and O–H groups in total. The zero-order valence-electron chi connectivity index (χ0n) is 9.19. The summed E-state index contributed by atoms with van der Waals surface area (Å²) < 4.78 is 1.15. The monoisotopic (exact) mass is 281 g/mol. The molecule has 1 aromatic rings. The van der Waals surface area contributed by atoms with Crippen LogP contribution in [0.2, 0.25) is 0 Å². The lowest BCUT2D eigenvalue weighted by atomic mass is 9.91. The van der Waals surface area contributed by atoms with E-state index < -0.39 is 0 Å². The van der Waals surface area contributed by atoms with Gasteiger partial charge in [0, 0.05) is 35.3 Å². The molecule has 0 spiro atoms. The summed E-state index contributed by atoms with van der Waals surface area (Å²) in [7, 11) is 0. The number of aryl methyl sites for hydroxylation is 1. The van der Waals surface area contributed by atoms with E-state index in [0.717, 1.165) is 23.9 Å². The highest BCUT2D eigenvalue weighted by Crippen LogP contribution is 2.39. The first-order chi connectivity index (χ1) is 7.79. The second kappa shape index (κ2) is 4.04. The van der Waals surface area contributed by atoms with Crippen LogP contribution in [0.5, 0.6) is 0 Å². The van der Waals surface area contributed by atoms with E-state index in [0.29, 0.717) is 18.6 Å². The van der Waals surface area contributed by atoms with Crippen LogP contribution in [0.15, 0.2) is 22.7 Å². The van der Waals surface area contributed by atoms with Crippen molar-refractivity contribution in [3.63, 3.8) is 0 Å². The largest absolute Gasteiger partial charge is 0.396 e. The Morgan fingerprint density at radius 1 is 1.38 bits per heavy atom. The van der Waals surface area contributed by atoms with Gasteiger partial charge in [0.2, 0.25) is 0 Å². The molecule has 0 aliphatic carbocycles. The third-order valence-electron chi connectivity index (χ3n) is 3.99. The summed E-state index contributed by atoms with van der Waals surface area (Å²) in [5.41, 5.74) is 2.83. The molecule has 2 nitrogen and oxygen atoms in total. The van der Waals surface area contributed by atoms with E-state index in [1.807, 2.05) is 0 Å². The summed E-state index contributed by atoms with van der Waals surface area (Å²) in [6.45, 7) is 1.43. The predicted molar refractivity (Wildman–Crippen MR) is 68.8 cm³/mol. The number of hydrogen-bond donors (Lipinski definition) is 1. The van der Waals surface area contributed by atoms with Crippen LogP contribution in [-0.2, 0) is 6.42 Å². The number of rotatable bonds is 1. The van der Waals surface area contributed by atoms with Crippen molar-refractivity contribution in [1.29, 1.82) is 0 Å². The molecule has 3 heteroatoms. The van der Waals surface area contributed by atoms with Gasteiger partial charge in [-0.3, -0.25) is 0 Å². The van der Waals surface area contributed by atoms with Crippen molar-refractivity contribution >= 4 is 21.6 Å². The molecule has 2 unspecified atom stereocenters. The fraction of sp³-hybridized carbons (Fsp3) is 0.538. The van der Waals surface area contributed by atoms with Crippen molar-refractivity contribution in [3.8, 4) is 0 Å². The fourth-order valence-corrected chi connectivity index (χ4v) is 3.49. The van der Waals surface area contributed by atoms with E-state index >= 15 is 0 Å². The molecule has 0 saturated carbocycles. The third-order valence-corrected chi connectivity index (χ3v) is 4.48. The third kappa shape index (κ3) is 1.57. The highest BCUT2D eigenvalue weighted by atomic mass is 79.9. The van der Waals surface area contributed by atoms with Crippen LogP contribution in [0.1, 0.15) is 18.4 Å². The van der Waals surface area contributed by atoms with E-state index in [-0.39, 0.29) is 0 Å². The summed E-state index contributed by atoms with van der Waals surface area (Å²) in [4.78, 5) is 2.49. The predicted octanol–water partition coefficient (Wildman–Crippen LogP) is 2.58. The molecule has 1 aromatic carbocycles. The zero-order valence-corrected chi connectivity index (χ0v) is 10.8. The Morgan fingerprint density at radius 3 is 3.06 bits per heavy atom. The fourth-order valence-electron chi connectivity index (χ4n) is 3.14. The maximum atomic E-state index is 9.37. The van der Waals surface area contributed by atoms with E-state index in [2.05, 4.69) is 39.0 Å². The Balaban J connectivity index is 1.98. The Morgan fingerprint density at radius 2 is 2.25 bits per heavy atom. The molecule has 0 amide bonds. The molecule has 1 fully saturated rings. The average Bonchev–Trinajstić information content (AvgIpc) is 2.72. The summed E-state index contributed by atoms with van der Waals surface area (Å²) in [5.74, 6) is 0.479. The molecule has 86 valence electrons. The molecule has 2 aliphatic rings. The lowest BCUT2D eigenvalue weighted by Crippen LogP contribution is -2.37. The average molecular weight is 282 g/mol. The van der Waals surface area contributed by atoms with Crippen LogP contribution in [0.3, 0.4) is 0 Å². The standard InChI is InChI=1S/C13H16BrNO/c14-11-3-1-9-2-4-12-10(8-16)5-6-15(12)13(9)7-11/h1,3,7,10,12,16H,2,4-6,8H2. The summed E-state index contributed by atoms with van der Waals surface area (Å²) >= 11 is 3.54. The SMILES string of the molecule is OCC1CCN2c3cc(Br)ccc3CCC12. The first-order valence-electron chi connectivity index (χ1n) is 5.95. The lowest BCUT2D eigenvalue weighted by Gasteiger charge is -2.35. The number of hydrogen-bond acceptors (Lipinski definition) is 2. The highest BCUT2D eigenvalue weighted by molar-refractivity contribution is 9.10. The van der Waals surface area contributed by atoms with Gasteiger partial charge >= 0.3 is 0 Å². The Kier molecular flexibility index (Phi) is 2.68. The molecule has 2 heterocycles. The molecule has 3 rings (SSSR count). The van der Waals surface area contributed by atoms with E-state index in [1.165, 1.54) is 17.7 Å². The number of nitrogens with zero attached hydrogens (tertiary/aromatic N) is 1. The van der Waals surface area contributed by atoms with Crippen LogP contribution >= 0.6 is 15.9 Å². The van der Waals surface area contributed by atoms with Crippen molar-refractivity contribution < 1.29 is 5.11 Å². The van der Waals surface area contributed by atoms with Gasteiger partial charge in [0.25, 0.3) is 0 Å². The van der Waals surface area contributed by atoms with Gasteiger partial charge in [-0.05, 0) is 37.0 Å². The molecular weight excluding hydrogens is 266 g/mol. The van der Waals surface area contributed by atoms with Crippen molar-refractivity contribution in [1.82, 2.24) is 0 Å². The minimum absolute atomic E-state index is 0.338. The number of fused-ring (bicyclic) bond motifs is 3. The number of aliphatic hydroxyl groups excluding tert-OH is 1. The summed E-state index contributed by atoms with van der Waals surface area (Å²) in [6.07, 6.45) is 3.48. The molecular formula is C13H16BrNO. The van der Waals surface area contributed by atoms with Crippen molar-refractivity contribution in [3.05, 3.63) is 28.2 Å². The van der Waals surface area contributed by atoms with Crippen molar-refractivity contribution in [2.75, 3.05) is 18.1 Å². The van der Waals surface area contributed by atoms with Crippen LogP contribution < -0.4 is 4.90 Å². The Hall–Kier alpha value is -0.540. The molecule has 1 saturated heterocycles. The second-order valence-electron chi connectivity index (χ2n) is 4.80. The molecule has 2 atom stereocenters. The van der Waals surface area contributed by atoms with Gasteiger partial charge < -0.3 is 10.0 Å². The van der Waals surface area contributed by atoms with Crippen LogP contribution in [0.4, 0.5) is 5.69 Å². The van der Waals surface area contributed by atoms with Gasteiger partial charge in [-0.2, -0.15) is 0 Å². The van der Waals surface area contributed by atoms with Crippen LogP contribution in [0.25, 0.3) is 0 Å². The number of halogens is 1. The molecule has 2 aliphatic heterocycles. The topological polar surface area (TPSA) is 23.5 Å². The van der Waals surface area contributed by atoms with Gasteiger partial charge in [-0.15, -0.1) is 0 Å². The van der Waals surface area contributed by atoms with Crippen LogP contribution in [0, 0.1) is 5.92 Å². The minimum Gasteiger partial charge on any atom is -0.396 e. The normalized spacial score (nSPS) is 27.8. The number of benzene rings is 1. The smallest absolute Gasteiger partial charge is 0.0479 e.